The summed E-state index contributed by atoms with van der Waals surface area (Å²) in [5.41, 5.74) is -3.60. The Kier molecular flexibility index (Phi) is 4.93. The summed E-state index contributed by atoms with van der Waals surface area (Å²) >= 11 is 0. The second-order valence-corrected chi connectivity index (χ2v) is 5.85. The number of rotatable bonds is 3. The van der Waals surface area contributed by atoms with Crippen molar-refractivity contribution < 1.29 is 31.5 Å². The van der Waals surface area contributed by atoms with Crippen LogP contribution >= 0.6 is 0 Å². The van der Waals surface area contributed by atoms with E-state index in [0.29, 0.717) is 10.6 Å². The zero-order valence-corrected chi connectivity index (χ0v) is 14.6. The van der Waals surface area contributed by atoms with Crippen molar-refractivity contribution in [3.8, 4) is 5.69 Å². The van der Waals surface area contributed by atoms with Crippen molar-refractivity contribution in [3.63, 3.8) is 0 Å². The number of aromatic nitrogens is 1. The number of nitrogens with zero attached hydrogens (tertiary/aromatic N) is 1. The third kappa shape index (κ3) is 2.92. The van der Waals surface area contributed by atoms with Crippen molar-refractivity contribution >= 4 is 16.9 Å². The van der Waals surface area contributed by atoms with Crippen LogP contribution in [0.15, 0.2) is 29.2 Å². The van der Waals surface area contributed by atoms with E-state index in [4.69, 9.17) is 4.74 Å². The summed E-state index contributed by atoms with van der Waals surface area (Å²) in [4.78, 5) is 24.8. The Morgan fingerprint density at radius 2 is 1.75 bits per heavy atom. The second-order valence-electron chi connectivity index (χ2n) is 5.85. The molecule has 0 bridgehead atoms. The molecular formula is C19H12F5NO3. The molecular weight excluding hydrogens is 385 g/mol. The number of benzene rings is 2. The highest BCUT2D eigenvalue weighted by atomic mass is 19.2. The highest BCUT2D eigenvalue weighted by Crippen LogP contribution is 2.29. The Balaban J connectivity index is 2.57. The minimum atomic E-state index is -1.87. The number of carbonyl (C=O) groups excluding carboxylic acids is 1. The van der Waals surface area contributed by atoms with Gasteiger partial charge in [-0.25, -0.2) is 26.7 Å². The Hall–Kier alpha value is -3.23. The van der Waals surface area contributed by atoms with Crippen molar-refractivity contribution in [1.82, 2.24) is 4.57 Å². The van der Waals surface area contributed by atoms with Crippen LogP contribution < -0.4 is 5.43 Å². The van der Waals surface area contributed by atoms with Crippen LogP contribution in [-0.4, -0.2) is 17.1 Å². The van der Waals surface area contributed by atoms with Crippen LogP contribution in [0.2, 0.25) is 0 Å². The van der Waals surface area contributed by atoms with Gasteiger partial charge in [0.2, 0.25) is 5.43 Å². The zero-order chi connectivity index (χ0) is 20.7. The molecule has 9 heteroatoms. The predicted molar refractivity (Wildman–Crippen MR) is 90.0 cm³/mol. The van der Waals surface area contributed by atoms with E-state index in [0.717, 1.165) is 25.3 Å². The molecule has 0 spiro atoms. The minimum absolute atomic E-state index is 0.105. The first-order valence-corrected chi connectivity index (χ1v) is 8.04. The molecule has 28 heavy (non-hydrogen) atoms. The minimum Gasteiger partial charge on any atom is -0.462 e. The zero-order valence-electron chi connectivity index (χ0n) is 14.6. The first-order valence-electron chi connectivity index (χ1n) is 8.04. The fourth-order valence-electron chi connectivity index (χ4n) is 2.87. The second kappa shape index (κ2) is 7.06. The lowest BCUT2D eigenvalue weighted by Gasteiger charge is -2.16. The van der Waals surface area contributed by atoms with Crippen LogP contribution in [0.5, 0.6) is 0 Å². The summed E-state index contributed by atoms with van der Waals surface area (Å²) in [5, 5.41) is -0.661. The highest BCUT2D eigenvalue weighted by molar-refractivity contribution is 5.95. The van der Waals surface area contributed by atoms with Gasteiger partial charge in [-0.1, -0.05) is 0 Å². The molecule has 146 valence electrons. The van der Waals surface area contributed by atoms with Crippen molar-refractivity contribution in [2.75, 3.05) is 6.61 Å². The van der Waals surface area contributed by atoms with Crippen molar-refractivity contribution in [2.24, 2.45) is 0 Å². The number of aryl methyl sites for hydroxylation is 1. The quantitative estimate of drug-likeness (QED) is 0.379. The predicted octanol–water partition coefficient (Wildman–Crippen LogP) is 4.17. The van der Waals surface area contributed by atoms with Gasteiger partial charge in [-0.2, -0.15) is 0 Å². The number of carbonyl (C=O) groups is 1. The maximum atomic E-state index is 14.6. The summed E-state index contributed by atoms with van der Waals surface area (Å²) in [6.07, 6.45) is 0.749. The van der Waals surface area contributed by atoms with E-state index in [1.165, 1.54) is 6.92 Å². The monoisotopic (exact) mass is 397 g/mol. The number of fused-ring (bicyclic) bond motifs is 1. The summed E-state index contributed by atoms with van der Waals surface area (Å²) in [6, 6.07) is 2.23. The van der Waals surface area contributed by atoms with E-state index < -0.39 is 68.2 Å². The molecule has 0 radical (unpaired) electrons. The summed E-state index contributed by atoms with van der Waals surface area (Å²) in [5.74, 6) is -8.48. The molecule has 0 aliphatic rings. The van der Waals surface area contributed by atoms with Crippen molar-refractivity contribution in [1.29, 1.82) is 0 Å². The van der Waals surface area contributed by atoms with Crippen LogP contribution in [0.1, 0.15) is 22.8 Å². The maximum absolute atomic E-state index is 14.6. The largest absolute Gasteiger partial charge is 0.462 e. The number of esters is 1. The molecule has 0 amide bonds. The molecule has 0 saturated heterocycles. The van der Waals surface area contributed by atoms with Crippen LogP contribution in [0.25, 0.3) is 16.6 Å². The van der Waals surface area contributed by atoms with Crippen LogP contribution in [0.3, 0.4) is 0 Å². The van der Waals surface area contributed by atoms with E-state index in [2.05, 4.69) is 0 Å². The number of pyridine rings is 1. The number of hydrogen-bond donors (Lipinski definition) is 0. The number of halogens is 5. The molecule has 4 nitrogen and oxygen atoms in total. The van der Waals surface area contributed by atoms with Gasteiger partial charge in [0.1, 0.15) is 17.2 Å². The molecule has 3 rings (SSSR count). The lowest BCUT2D eigenvalue weighted by molar-refractivity contribution is 0.0524. The third-order valence-electron chi connectivity index (χ3n) is 4.17. The first-order chi connectivity index (χ1) is 13.2. The van der Waals surface area contributed by atoms with Gasteiger partial charge in [0.15, 0.2) is 17.5 Å². The van der Waals surface area contributed by atoms with Gasteiger partial charge in [-0.3, -0.25) is 4.79 Å². The normalized spacial score (nSPS) is 11.1. The standard InChI is InChI=1S/C19H12F5NO3/c1-3-28-19(27)10-7-25(12-5-4-9(20)6-11(12)21)17-13(18(10)26)8(2)14(22)15(23)16(17)24/h4-7H,3H2,1-2H3. The van der Waals surface area contributed by atoms with E-state index in [-0.39, 0.29) is 6.61 Å². The average Bonchev–Trinajstić information content (AvgIpc) is 2.64. The van der Waals surface area contributed by atoms with Crippen LogP contribution in [0.4, 0.5) is 22.0 Å². The fourth-order valence-corrected chi connectivity index (χ4v) is 2.87. The van der Waals surface area contributed by atoms with Gasteiger partial charge >= 0.3 is 5.97 Å². The third-order valence-corrected chi connectivity index (χ3v) is 4.17. The van der Waals surface area contributed by atoms with Crippen LogP contribution in [-0.2, 0) is 4.74 Å². The Labute approximate surface area is 154 Å². The van der Waals surface area contributed by atoms with Gasteiger partial charge in [0.25, 0.3) is 0 Å². The first kappa shape index (κ1) is 19.5. The van der Waals surface area contributed by atoms with Gasteiger partial charge < -0.3 is 9.30 Å². The number of hydrogen-bond acceptors (Lipinski definition) is 3. The van der Waals surface area contributed by atoms with Gasteiger partial charge in [0.05, 0.1) is 23.2 Å². The molecule has 0 fully saturated rings. The summed E-state index contributed by atoms with van der Waals surface area (Å²) in [6.45, 7) is 2.38. The van der Waals surface area contributed by atoms with Crippen molar-refractivity contribution in [2.45, 2.75) is 13.8 Å². The molecule has 0 unspecified atom stereocenters. The molecule has 1 heterocycles. The Bertz CT molecular complexity index is 1190. The lowest BCUT2D eigenvalue weighted by atomic mass is 10.0. The SMILES string of the molecule is CCOC(=O)c1cn(-c2ccc(F)cc2F)c2c(F)c(F)c(F)c(C)c2c1=O. The molecule has 0 N–H and O–H groups in total. The maximum Gasteiger partial charge on any atom is 0.343 e. The molecule has 0 saturated carbocycles. The summed E-state index contributed by atoms with van der Waals surface area (Å²) < 4.78 is 75.6. The Morgan fingerprint density at radius 1 is 1.07 bits per heavy atom. The van der Waals surface area contributed by atoms with Crippen molar-refractivity contribution in [3.05, 3.63) is 74.8 Å². The van der Waals surface area contributed by atoms with Gasteiger partial charge in [0, 0.05) is 17.8 Å². The molecule has 1 aromatic heterocycles. The molecule has 3 aromatic rings. The molecule has 0 aliphatic heterocycles. The van der Waals surface area contributed by atoms with E-state index in [1.54, 1.807) is 0 Å². The molecule has 2 aromatic carbocycles. The topological polar surface area (TPSA) is 48.3 Å². The average molecular weight is 397 g/mol. The summed E-state index contributed by atoms with van der Waals surface area (Å²) in [7, 11) is 0. The molecule has 0 aliphatic carbocycles. The van der Waals surface area contributed by atoms with E-state index in [1.807, 2.05) is 0 Å². The van der Waals surface area contributed by atoms with E-state index in [9.17, 15) is 31.5 Å². The lowest BCUT2D eigenvalue weighted by Crippen LogP contribution is -2.23. The highest BCUT2D eigenvalue weighted by Gasteiger charge is 2.27. The smallest absolute Gasteiger partial charge is 0.343 e. The molecule has 0 atom stereocenters. The van der Waals surface area contributed by atoms with Gasteiger partial charge in [-0.05, 0) is 26.0 Å². The Morgan fingerprint density at radius 3 is 2.36 bits per heavy atom. The van der Waals surface area contributed by atoms with E-state index >= 15 is 0 Å². The number of ether oxygens (including phenoxy) is 1. The fraction of sp³-hybridized carbons (Fsp3) is 0.158. The van der Waals surface area contributed by atoms with Crippen LogP contribution in [0, 0.1) is 36.0 Å². The van der Waals surface area contributed by atoms with Gasteiger partial charge in [-0.15, -0.1) is 0 Å².